The number of hydrogen-bond donors (Lipinski definition) is 1. The number of aryl methyl sites for hydroxylation is 2. The van der Waals surface area contributed by atoms with E-state index >= 15 is 0 Å². The molecule has 1 N–H and O–H groups in total. The quantitative estimate of drug-likeness (QED) is 0.426. The van der Waals surface area contributed by atoms with Gasteiger partial charge in [-0.1, -0.05) is 36.5 Å². The van der Waals surface area contributed by atoms with E-state index < -0.39 is 0 Å². The predicted molar refractivity (Wildman–Crippen MR) is 137 cm³/mol. The molecule has 3 fully saturated rings. The van der Waals surface area contributed by atoms with Gasteiger partial charge in [-0.3, -0.25) is 14.5 Å². The van der Waals surface area contributed by atoms with Crippen LogP contribution in [0.2, 0.25) is 0 Å². The van der Waals surface area contributed by atoms with Gasteiger partial charge in [0.2, 0.25) is 11.8 Å². The van der Waals surface area contributed by atoms with Crippen LogP contribution in [0.3, 0.4) is 0 Å². The smallest absolute Gasteiger partial charge is 0.234 e. The molecule has 188 valence electrons. The molecule has 0 spiro atoms. The lowest BCUT2D eigenvalue weighted by molar-refractivity contribution is -0.143. The SMILES string of the molecule is CC1=C2[C@@H](CC/C(C)=C/c3cc(C)c(O)c(C)c3)OC[C@@H]2[C@@H]2C(=O)N(C3CCCCC3)C(=O)[C@@H]2C1. The minimum absolute atomic E-state index is 0.0271. The zero-order valence-corrected chi connectivity index (χ0v) is 21.6. The Balaban J connectivity index is 1.29. The zero-order chi connectivity index (χ0) is 24.9. The van der Waals surface area contributed by atoms with E-state index in [1.54, 1.807) is 4.90 Å². The van der Waals surface area contributed by atoms with E-state index in [0.717, 1.165) is 55.2 Å². The van der Waals surface area contributed by atoms with Crippen LogP contribution in [0.4, 0.5) is 0 Å². The first-order valence-corrected chi connectivity index (χ1v) is 13.4. The van der Waals surface area contributed by atoms with Crippen molar-refractivity contribution in [3.8, 4) is 5.75 Å². The van der Waals surface area contributed by atoms with E-state index in [2.05, 4.69) is 19.9 Å². The molecule has 1 aromatic carbocycles. The fourth-order valence-corrected chi connectivity index (χ4v) is 7.14. The van der Waals surface area contributed by atoms with Crippen molar-refractivity contribution in [2.75, 3.05) is 6.61 Å². The van der Waals surface area contributed by atoms with Crippen molar-refractivity contribution in [1.29, 1.82) is 0 Å². The Bertz CT molecular complexity index is 1070. The van der Waals surface area contributed by atoms with E-state index in [1.165, 1.54) is 23.1 Å². The summed E-state index contributed by atoms with van der Waals surface area (Å²) in [7, 11) is 0. The highest BCUT2D eigenvalue weighted by Gasteiger charge is 2.57. The summed E-state index contributed by atoms with van der Waals surface area (Å²) in [6.07, 6.45) is 10.1. The molecule has 4 atom stereocenters. The number of hydrogen-bond acceptors (Lipinski definition) is 4. The second-order valence-electron chi connectivity index (χ2n) is 11.4. The van der Waals surface area contributed by atoms with E-state index in [0.29, 0.717) is 18.8 Å². The topological polar surface area (TPSA) is 66.8 Å². The Morgan fingerprint density at radius 3 is 2.43 bits per heavy atom. The maximum atomic E-state index is 13.6. The van der Waals surface area contributed by atoms with Crippen LogP contribution in [-0.2, 0) is 14.3 Å². The van der Waals surface area contributed by atoms with Crippen LogP contribution in [0.5, 0.6) is 5.75 Å². The first-order valence-electron chi connectivity index (χ1n) is 13.4. The predicted octanol–water partition coefficient (Wildman–Crippen LogP) is 5.86. The molecule has 0 radical (unpaired) electrons. The number of amides is 2. The normalized spacial score (nSPS) is 29.7. The number of benzene rings is 1. The molecule has 0 aromatic heterocycles. The average molecular weight is 478 g/mol. The highest BCUT2D eigenvalue weighted by atomic mass is 16.5. The number of rotatable bonds is 5. The van der Waals surface area contributed by atoms with Gasteiger partial charge in [0.1, 0.15) is 5.75 Å². The number of allylic oxidation sites excluding steroid dienone is 2. The minimum atomic E-state index is -0.229. The minimum Gasteiger partial charge on any atom is -0.507 e. The van der Waals surface area contributed by atoms with Gasteiger partial charge in [-0.15, -0.1) is 0 Å². The molecular formula is C30H39NO4. The van der Waals surface area contributed by atoms with Gasteiger partial charge in [0, 0.05) is 12.0 Å². The summed E-state index contributed by atoms with van der Waals surface area (Å²) in [6, 6.07) is 4.14. The largest absolute Gasteiger partial charge is 0.507 e. The van der Waals surface area contributed by atoms with Crippen molar-refractivity contribution >= 4 is 17.9 Å². The van der Waals surface area contributed by atoms with Gasteiger partial charge in [0.15, 0.2) is 0 Å². The Morgan fingerprint density at radius 1 is 1.06 bits per heavy atom. The van der Waals surface area contributed by atoms with Crippen LogP contribution in [0.15, 0.2) is 28.9 Å². The Morgan fingerprint density at radius 2 is 1.74 bits per heavy atom. The molecule has 4 aliphatic rings. The molecule has 5 heteroatoms. The number of aromatic hydroxyl groups is 1. The zero-order valence-electron chi connectivity index (χ0n) is 21.6. The molecule has 0 unspecified atom stereocenters. The summed E-state index contributed by atoms with van der Waals surface area (Å²) in [4.78, 5) is 28.6. The fourth-order valence-electron chi connectivity index (χ4n) is 7.14. The van der Waals surface area contributed by atoms with Crippen LogP contribution in [0, 0.1) is 31.6 Å². The first kappa shape index (κ1) is 24.3. The van der Waals surface area contributed by atoms with Gasteiger partial charge in [0.25, 0.3) is 0 Å². The standard InChI is InChI=1S/C30H39NO4/c1-17(12-21-13-19(3)28(32)20(4)14-21)10-11-25-26-18(2)15-23-27(24(26)16-35-25)30(34)31(29(23)33)22-8-6-5-7-9-22/h12-14,22-25,27,32H,5-11,15-16H2,1-4H3/b17-12+/t23-,24+,25-,27-/m1/s1. The molecule has 2 aliphatic carbocycles. The molecule has 0 bridgehead atoms. The van der Waals surface area contributed by atoms with Crippen molar-refractivity contribution in [3.05, 3.63) is 45.5 Å². The highest BCUT2D eigenvalue weighted by molar-refractivity contribution is 6.06. The van der Waals surface area contributed by atoms with Crippen LogP contribution < -0.4 is 0 Å². The summed E-state index contributed by atoms with van der Waals surface area (Å²) in [5, 5.41) is 10.0. The van der Waals surface area contributed by atoms with E-state index in [-0.39, 0.29) is 41.7 Å². The van der Waals surface area contributed by atoms with E-state index in [4.69, 9.17) is 4.74 Å². The molecule has 2 saturated heterocycles. The van der Waals surface area contributed by atoms with Gasteiger partial charge >= 0.3 is 0 Å². The second-order valence-corrected chi connectivity index (χ2v) is 11.4. The summed E-state index contributed by atoms with van der Waals surface area (Å²) in [5.74, 6) is 0.142. The lowest BCUT2D eigenvalue weighted by Gasteiger charge is -2.31. The van der Waals surface area contributed by atoms with Crippen molar-refractivity contribution < 1.29 is 19.4 Å². The van der Waals surface area contributed by atoms with Crippen LogP contribution in [0.1, 0.15) is 81.9 Å². The molecule has 5 nitrogen and oxygen atoms in total. The van der Waals surface area contributed by atoms with Crippen LogP contribution in [-0.4, -0.2) is 40.6 Å². The third-order valence-electron chi connectivity index (χ3n) is 8.85. The third kappa shape index (κ3) is 4.37. The average Bonchev–Trinajstić information content (AvgIpc) is 3.36. The van der Waals surface area contributed by atoms with E-state index in [9.17, 15) is 14.7 Å². The first-order chi connectivity index (χ1) is 16.8. The number of imide groups is 1. The van der Waals surface area contributed by atoms with Crippen molar-refractivity contribution in [2.45, 2.75) is 91.2 Å². The van der Waals surface area contributed by atoms with Gasteiger partial charge < -0.3 is 9.84 Å². The van der Waals surface area contributed by atoms with Crippen molar-refractivity contribution in [3.63, 3.8) is 0 Å². The Hall–Kier alpha value is -2.40. The molecule has 2 heterocycles. The summed E-state index contributed by atoms with van der Waals surface area (Å²) in [5.41, 5.74) is 6.71. The number of carbonyl (C=O) groups is 2. The highest BCUT2D eigenvalue weighted by Crippen LogP contribution is 2.50. The summed E-state index contributed by atoms with van der Waals surface area (Å²) < 4.78 is 6.30. The van der Waals surface area contributed by atoms with Gasteiger partial charge in [-0.2, -0.15) is 0 Å². The number of nitrogens with zero attached hydrogens (tertiary/aromatic N) is 1. The molecular weight excluding hydrogens is 438 g/mol. The number of likely N-dealkylation sites (tertiary alicyclic amines) is 1. The molecule has 35 heavy (non-hydrogen) atoms. The monoisotopic (exact) mass is 477 g/mol. The number of ether oxygens (including phenoxy) is 1. The summed E-state index contributed by atoms with van der Waals surface area (Å²) in [6.45, 7) is 8.69. The van der Waals surface area contributed by atoms with Gasteiger partial charge in [0.05, 0.1) is 24.5 Å². The van der Waals surface area contributed by atoms with Gasteiger partial charge in [-0.25, -0.2) is 0 Å². The maximum Gasteiger partial charge on any atom is 0.234 e. The fraction of sp³-hybridized carbons (Fsp3) is 0.600. The Kier molecular flexibility index (Phi) is 6.65. The van der Waals surface area contributed by atoms with Crippen LogP contribution in [0.25, 0.3) is 6.08 Å². The van der Waals surface area contributed by atoms with Crippen molar-refractivity contribution in [2.24, 2.45) is 17.8 Å². The van der Waals surface area contributed by atoms with Crippen LogP contribution >= 0.6 is 0 Å². The molecule has 1 aromatic rings. The summed E-state index contributed by atoms with van der Waals surface area (Å²) >= 11 is 0. The number of phenols is 1. The van der Waals surface area contributed by atoms with E-state index in [1.807, 2.05) is 26.0 Å². The molecule has 1 saturated carbocycles. The molecule has 2 aliphatic heterocycles. The number of carbonyl (C=O) groups excluding carboxylic acids is 2. The number of fused-ring (bicyclic) bond motifs is 3. The lowest BCUT2D eigenvalue weighted by Crippen LogP contribution is -2.42. The second kappa shape index (κ2) is 9.57. The number of phenolic OH excluding ortho intramolecular Hbond substituents is 1. The third-order valence-corrected chi connectivity index (χ3v) is 8.85. The maximum absolute atomic E-state index is 13.6. The lowest BCUT2D eigenvalue weighted by atomic mass is 9.70. The van der Waals surface area contributed by atoms with Gasteiger partial charge in [-0.05, 0) is 94.2 Å². The molecule has 2 amide bonds. The molecule has 5 rings (SSSR count). The van der Waals surface area contributed by atoms with Crippen molar-refractivity contribution in [1.82, 2.24) is 4.90 Å². The Labute approximate surface area is 209 Å².